The minimum absolute atomic E-state index is 1.31. The summed E-state index contributed by atoms with van der Waals surface area (Å²) in [6, 6.07) is 0. The van der Waals surface area contributed by atoms with Gasteiger partial charge in [-0.15, -0.1) is 5.73 Å². The van der Waals surface area contributed by atoms with Crippen LogP contribution in [0.5, 0.6) is 0 Å². The molecule has 0 atom stereocenters. The third kappa shape index (κ3) is 0.401. The Balaban J connectivity index is 2.78. The second kappa shape index (κ2) is 1.35. The number of hydrogen-bond acceptors (Lipinski definition) is 1. The van der Waals surface area contributed by atoms with Crippen molar-refractivity contribution in [1.29, 1.82) is 0 Å². The molecular weight excluding hydrogens is 116 g/mol. The highest BCUT2D eigenvalue weighted by Crippen LogP contribution is 2.20. The van der Waals surface area contributed by atoms with Gasteiger partial charge in [-0.05, 0) is 22.9 Å². The van der Waals surface area contributed by atoms with Crippen molar-refractivity contribution < 1.29 is 0 Å². The lowest BCUT2D eigenvalue weighted by atomic mass is 10.2. The fraction of sp³-hybridized carbons (Fsp3) is 0. The van der Waals surface area contributed by atoms with E-state index in [4.69, 9.17) is 0 Å². The molecule has 1 aromatic rings. The summed E-state index contributed by atoms with van der Waals surface area (Å²) in [4.78, 5) is 0. The van der Waals surface area contributed by atoms with Crippen molar-refractivity contribution in [2.24, 2.45) is 0 Å². The van der Waals surface area contributed by atoms with Gasteiger partial charge in [0.25, 0.3) is 0 Å². The quantitative estimate of drug-likeness (QED) is 0.468. The van der Waals surface area contributed by atoms with Gasteiger partial charge in [0, 0.05) is 11.1 Å². The Kier molecular flexibility index (Phi) is 0.696. The molecule has 38 valence electrons. The summed E-state index contributed by atoms with van der Waals surface area (Å²) in [6.45, 7) is 0. The van der Waals surface area contributed by atoms with Crippen molar-refractivity contribution in [3.05, 3.63) is 27.6 Å². The number of fused-ring (bicyclic) bond motifs is 1. The van der Waals surface area contributed by atoms with Gasteiger partial charge in [0.1, 0.15) is 0 Å². The van der Waals surface area contributed by atoms with Crippen LogP contribution in [0.3, 0.4) is 0 Å². The van der Waals surface area contributed by atoms with E-state index in [1.807, 2.05) is 12.2 Å². The van der Waals surface area contributed by atoms with Crippen molar-refractivity contribution in [3.63, 3.8) is 0 Å². The van der Waals surface area contributed by atoms with E-state index >= 15 is 0 Å². The lowest BCUT2D eigenvalue weighted by Crippen LogP contribution is -1.60. The molecule has 0 amide bonds. The molecule has 0 saturated carbocycles. The molecule has 1 heterocycles. The second-order valence-corrected chi connectivity index (χ2v) is 2.48. The predicted octanol–water partition coefficient (Wildman–Crippen LogP) is 2.39. The molecule has 0 fully saturated rings. The van der Waals surface area contributed by atoms with Gasteiger partial charge in [-0.1, -0.05) is 0 Å². The smallest absolute Gasteiger partial charge is 0.000667 e. The Morgan fingerprint density at radius 2 is 1.75 bits per heavy atom. The number of hydrogen-bond donors (Lipinski definition) is 0. The normalized spacial score (nSPS) is 12.5. The molecule has 8 heavy (non-hydrogen) atoms. The van der Waals surface area contributed by atoms with Gasteiger partial charge < -0.3 is 0 Å². The van der Waals surface area contributed by atoms with Crippen molar-refractivity contribution in [2.45, 2.75) is 0 Å². The molecule has 0 saturated heterocycles. The fourth-order valence-corrected chi connectivity index (χ4v) is 1.54. The molecule has 1 aromatic heterocycles. The standard InChI is InChI=1S/C7H4S/c1-2-6-4-8-5-7(6)3-1/h2-5H. The van der Waals surface area contributed by atoms with E-state index in [9.17, 15) is 0 Å². The zero-order valence-electron chi connectivity index (χ0n) is 4.22. The van der Waals surface area contributed by atoms with Gasteiger partial charge in [0.2, 0.25) is 0 Å². The summed E-state index contributed by atoms with van der Waals surface area (Å²) >= 11 is 1.74. The van der Waals surface area contributed by atoms with E-state index in [2.05, 4.69) is 16.5 Å². The molecule has 1 heteroatoms. The molecule has 0 nitrogen and oxygen atoms in total. The lowest BCUT2D eigenvalue weighted by Gasteiger charge is -1.76. The van der Waals surface area contributed by atoms with Gasteiger partial charge in [-0.3, -0.25) is 0 Å². The maximum Gasteiger partial charge on any atom is 0.000667 e. The van der Waals surface area contributed by atoms with E-state index < -0.39 is 0 Å². The van der Waals surface area contributed by atoms with Crippen LogP contribution in [-0.4, -0.2) is 0 Å². The molecule has 0 spiro atoms. The Hall–Kier alpha value is -0.780. The summed E-state index contributed by atoms with van der Waals surface area (Å²) < 4.78 is 0. The topological polar surface area (TPSA) is 0 Å². The average molecular weight is 120 g/mol. The van der Waals surface area contributed by atoms with Gasteiger partial charge >= 0.3 is 0 Å². The zero-order chi connectivity index (χ0) is 5.40. The van der Waals surface area contributed by atoms with Crippen molar-refractivity contribution >= 4 is 23.5 Å². The van der Waals surface area contributed by atoms with Gasteiger partial charge in [-0.2, -0.15) is 11.3 Å². The predicted molar refractivity (Wildman–Crippen MR) is 36.8 cm³/mol. The second-order valence-electron chi connectivity index (χ2n) is 1.74. The first-order valence-electron chi connectivity index (χ1n) is 2.45. The molecule has 0 aromatic carbocycles. The van der Waals surface area contributed by atoms with E-state index in [0.29, 0.717) is 0 Å². The number of thiophene rings is 1. The molecule has 0 unspecified atom stereocenters. The van der Waals surface area contributed by atoms with Gasteiger partial charge in [0.05, 0.1) is 0 Å². The third-order valence-electron chi connectivity index (χ3n) is 1.20. The van der Waals surface area contributed by atoms with Gasteiger partial charge in [-0.25, -0.2) is 0 Å². The first kappa shape index (κ1) is 4.13. The van der Waals surface area contributed by atoms with E-state index in [1.165, 1.54) is 11.1 Å². The Morgan fingerprint density at radius 1 is 1.12 bits per heavy atom. The Morgan fingerprint density at radius 3 is 2.38 bits per heavy atom. The Labute approximate surface area is 51.8 Å². The summed E-state index contributed by atoms with van der Waals surface area (Å²) in [7, 11) is 0. The SMILES string of the molecule is C1=Cc2cscc2C=1. The van der Waals surface area contributed by atoms with E-state index in [1.54, 1.807) is 11.3 Å². The Bertz CT molecular complexity index is 239. The van der Waals surface area contributed by atoms with Crippen LogP contribution < -0.4 is 0 Å². The van der Waals surface area contributed by atoms with Crippen LogP contribution in [0.4, 0.5) is 0 Å². The fourth-order valence-electron chi connectivity index (χ4n) is 0.773. The summed E-state index contributed by atoms with van der Waals surface area (Å²) in [6.07, 6.45) is 4.01. The molecular formula is C7H4S. The molecule has 1 aliphatic carbocycles. The zero-order valence-corrected chi connectivity index (χ0v) is 5.03. The molecule has 1 aliphatic rings. The first-order valence-corrected chi connectivity index (χ1v) is 3.40. The highest BCUT2D eigenvalue weighted by molar-refractivity contribution is 7.08. The van der Waals surface area contributed by atoms with Crippen LogP contribution >= 0.6 is 11.3 Å². The monoisotopic (exact) mass is 120 g/mol. The van der Waals surface area contributed by atoms with Crippen molar-refractivity contribution in [3.8, 4) is 0 Å². The molecule has 0 bridgehead atoms. The van der Waals surface area contributed by atoms with Gasteiger partial charge in [0.15, 0.2) is 0 Å². The minimum atomic E-state index is 1.31. The molecule has 2 rings (SSSR count). The van der Waals surface area contributed by atoms with E-state index in [-0.39, 0.29) is 0 Å². The van der Waals surface area contributed by atoms with Crippen LogP contribution in [0.15, 0.2) is 16.5 Å². The summed E-state index contributed by atoms with van der Waals surface area (Å²) in [5.74, 6) is 0. The third-order valence-corrected chi connectivity index (χ3v) is 1.98. The van der Waals surface area contributed by atoms with Crippen molar-refractivity contribution in [1.82, 2.24) is 0 Å². The maximum atomic E-state index is 3.02. The van der Waals surface area contributed by atoms with Crippen LogP contribution in [0, 0.1) is 0 Å². The largest absolute Gasteiger partial charge is 0.151 e. The van der Waals surface area contributed by atoms with Crippen LogP contribution in [-0.2, 0) is 0 Å². The van der Waals surface area contributed by atoms with E-state index in [0.717, 1.165) is 0 Å². The number of rotatable bonds is 0. The first-order chi connectivity index (χ1) is 3.97. The molecule has 0 radical (unpaired) electrons. The summed E-state index contributed by atoms with van der Waals surface area (Å²) in [5, 5.41) is 4.26. The average Bonchev–Trinajstić information content (AvgIpc) is 2.15. The molecule has 0 N–H and O–H groups in total. The van der Waals surface area contributed by atoms with Crippen LogP contribution in [0.2, 0.25) is 0 Å². The van der Waals surface area contributed by atoms with Crippen molar-refractivity contribution in [2.75, 3.05) is 0 Å². The minimum Gasteiger partial charge on any atom is -0.151 e. The highest BCUT2D eigenvalue weighted by atomic mass is 32.1. The van der Waals surface area contributed by atoms with Crippen LogP contribution in [0.25, 0.3) is 12.2 Å². The summed E-state index contributed by atoms with van der Waals surface area (Å²) in [5.41, 5.74) is 5.65. The molecule has 0 aliphatic heterocycles. The van der Waals surface area contributed by atoms with Crippen LogP contribution in [0.1, 0.15) is 11.1 Å². The highest BCUT2D eigenvalue weighted by Gasteiger charge is 1.98. The maximum absolute atomic E-state index is 3.02. The lowest BCUT2D eigenvalue weighted by molar-refractivity contribution is 1.84.